The SMILES string of the molecule is O=C(NCc1ccc2ncoc2c1)NC1CCCC1. The number of hydrogen-bond acceptors (Lipinski definition) is 3. The molecule has 0 saturated heterocycles. The van der Waals surface area contributed by atoms with Crippen molar-refractivity contribution in [3.63, 3.8) is 0 Å². The summed E-state index contributed by atoms with van der Waals surface area (Å²) in [6, 6.07) is 5.99. The first kappa shape index (κ1) is 12.0. The van der Waals surface area contributed by atoms with Crippen LogP contribution in [-0.2, 0) is 6.54 Å². The fourth-order valence-corrected chi connectivity index (χ4v) is 2.50. The van der Waals surface area contributed by atoms with Crippen molar-refractivity contribution in [2.75, 3.05) is 0 Å². The number of oxazole rings is 1. The van der Waals surface area contributed by atoms with Crippen LogP contribution in [0.5, 0.6) is 0 Å². The third-order valence-corrected chi connectivity index (χ3v) is 3.54. The molecule has 2 N–H and O–H groups in total. The molecule has 0 unspecified atom stereocenters. The number of nitrogens with one attached hydrogen (secondary N) is 2. The second-order valence-corrected chi connectivity index (χ2v) is 4.96. The number of aromatic nitrogens is 1. The fraction of sp³-hybridized carbons (Fsp3) is 0.429. The lowest BCUT2D eigenvalue weighted by Gasteiger charge is -2.12. The lowest BCUT2D eigenvalue weighted by atomic mass is 10.2. The molecule has 0 atom stereocenters. The van der Waals surface area contributed by atoms with Crippen molar-refractivity contribution in [2.24, 2.45) is 0 Å². The Morgan fingerprint density at radius 1 is 1.37 bits per heavy atom. The van der Waals surface area contributed by atoms with Gasteiger partial charge in [0.25, 0.3) is 0 Å². The van der Waals surface area contributed by atoms with Gasteiger partial charge in [0.05, 0.1) is 0 Å². The summed E-state index contributed by atoms with van der Waals surface area (Å²) in [7, 11) is 0. The summed E-state index contributed by atoms with van der Waals surface area (Å²) in [6.07, 6.45) is 6.05. The lowest BCUT2D eigenvalue weighted by Crippen LogP contribution is -2.40. The van der Waals surface area contributed by atoms with E-state index in [1.54, 1.807) is 0 Å². The van der Waals surface area contributed by atoms with Crippen LogP contribution in [0, 0.1) is 0 Å². The van der Waals surface area contributed by atoms with Gasteiger partial charge in [0.1, 0.15) is 5.52 Å². The van der Waals surface area contributed by atoms with Gasteiger partial charge in [-0.15, -0.1) is 0 Å². The molecule has 2 amide bonds. The van der Waals surface area contributed by atoms with Crippen molar-refractivity contribution in [3.8, 4) is 0 Å². The molecule has 100 valence electrons. The molecule has 1 aliphatic carbocycles. The highest BCUT2D eigenvalue weighted by Gasteiger charge is 2.16. The van der Waals surface area contributed by atoms with E-state index in [0.29, 0.717) is 12.6 Å². The van der Waals surface area contributed by atoms with Crippen molar-refractivity contribution in [2.45, 2.75) is 38.3 Å². The maximum absolute atomic E-state index is 11.7. The molecule has 1 aliphatic rings. The van der Waals surface area contributed by atoms with Gasteiger partial charge in [0.2, 0.25) is 0 Å². The zero-order chi connectivity index (χ0) is 13.1. The van der Waals surface area contributed by atoms with E-state index in [2.05, 4.69) is 15.6 Å². The Bertz CT molecular complexity index is 573. The van der Waals surface area contributed by atoms with E-state index in [0.717, 1.165) is 29.5 Å². The number of urea groups is 1. The largest absolute Gasteiger partial charge is 0.443 e. The zero-order valence-corrected chi connectivity index (χ0v) is 10.7. The molecule has 19 heavy (non-hydrogen) atoms. The van der Waals surface area contributed by atoms with Crippen LogP contribution in [0.1, 0.15) is 31.2 Å². The minimum absolute atomic E-state index is 0.0930. The molecule has 3 rings (SSSR count). The zero-order valence-electron chi connectivity index (χ0n) is 10.7. The van der Waals surface area contributed by atoms with Gasteiger partial charge >= 0.3 is 6.03 Å². The molecular weight excluding hydrogens is 242 g/mol. The van der Waals surface area contributed by atoms with Crippen LogP contribution < -0.4 is 10.6 Å². The van der Waals surface area contributed by atoms with Gasteiger partial charge in [-0.05, 0) is 30.5 Å². The molecule has 1 heterocycles. The van der Waals surface area contributed by atoms with Crippen LogP contribution in [-0.4, -0.2) is 17.1 Å². The molecule has 1 aromatic heterocycles. The fourth-order valence-electron chi connectivity index (χ4n) is 2.50. The molecule has 0 bridgehead atoms. The van der Waals surface area contributed by atoms with Crippen LogP contribution in [0.15, 0.2) is 29.0 Å². The van der Waals surface area contributed by atoms with Crippen LogP contribution >= 0.6 is 0 Å². The average Bonchev–Trinajstić information content (AvgIpc) is 3.06. The molecular formula is C14H17N3O2. The van der Waals surface area contributed by atoms with E-state index in [4.69, 9.17) is 4.42 Å². The Kier molecular flexibility index (Phi) is 3.35. The first-order valence-electron chi connectivity index (χ1n) is 6.68. The van der Waals surface area contributed by atoms with Crippen LogP contribution in [0.4, 0.5) is 4.79 Å². The number of hydrogen-bond donors (Lipinski definition) is 2. The Hall–Kier alpha value is -2.04. The lowest BCUT2D eigenvalue weighted by molar-refractivity contribution is 0.236. The van der Waals surface area contributed by atoms with Gasteiger partial charge < -0.3 is 15.1 Å². The summed E-state index contributed by atoms with van der Waals surface area (Å²) in [5.74, 6) is 0. The number of benzene rings is 1. The number of nitrogens with zero attached hydrogens (tertiary/aromatic N) is 1. The Balaban J connectivity index is 1.54. The first-order chi connectivity index (χ1) is 9.31. The molecule has 1 fully saturated rings. The van der Waals surface area contributed by atoms with Gasteiger partial charge in [-0.1, -0.05) is 18.9 Å². The molecule has 5 nitrogen and oxygen atoms in total. The topological polar surface area (TPSA) is 67.2 Å². The van der Waals surface area contributed by atoms with Crippen LogP contribution in [0.3, 0.4) is 0 Å². The van der Waals surface area contributed by atoms with E-state index in [-0.39, 0.29) is 6.03 Å². The molecule has 1 aromatic carbocycles. The Morgan fingerprint density at radius 3 is 3.05 bits per heavy atom. The first-order valence-corrected chi connectivity index (χ1v) is 6.68. The quantitative estimate of drug-likeness (QED) is 0.890. The Morgan fingerprint density at radius 2 is 2.21 bits per heavy atom. The number of rotatable bonds is 3. The highest BCUT2D eigenvalue weighted by atomic mass is 16.3. The van der Waals surface area contributed by atoms with Crippen molar-refractivity contribution >= 4 is 17.1 Å². The minimum Gasteiger partial charge on any atom is -0.443 e. The molecule has 0 aliphatic heterocycles. The second kappa shape index (κ2) is 5.30. The normalized spacial score (nSPS) is 15.8. The summed E-state index contributed by atoms with van der Waals surface area (Å²) < 4.78 is 5.23. The number of fused-ring (bicyclic) bond motifs is 1. The van der Waals surface area contributed by atoms with E-state index in [9.17, 15) is 4.79 Å². The smallest absolute Gasteiger partial charge is 0.315 e. The highest BCUT2D eigenvalue weighted by molar-refractivity contribution is 5.75. The second-order valence-electron chi connectivity index (χ2n) is 4.96. The van der Waals surface area contributed by atoms with Crippen LogP contribution in [0.2, 0.25) is 0 Å². The molecule has 0 radical (unpaired) electrons. The summed E-state index contributed by atoms with van der Waals surface area (Å²) in [4.78, 5) is 15.8. The molecule has 1 saturated carbocycles. The van der Waals surface area contributed by atoms with E-state index in [1.807, 2.05) is 18.2 Å². The van der Waals surface area contributed by atoms with E-state index < -0.39 is 0 Å². The Labute approximate surface area is 111 Å². The van der Waals surface area contributed by atoms with E-state index in [1.165, 1.54) is 19.2 Å². The van der Waals surface area contributed by atoms with Crippen molar-refractivity contribution in [1.82, 2.24) is 15.6 Å². The van der Waals surface area contributed by atoms with Gasteiger partial charge in [-0.3, -0.25) is 0 Å². The molecule has 5 heteroatoms. The summed E-state index contributed by atoms with van der Waals surface area (Å²) in [6.45, 7) is 0.495. The standard InChI is InChI=1S/C14H17N3O2/c18-14(17-11-3-1-2-4-11)15-8-10-5-6-12-13(7-10)19-9-16-12/h5-7,9,11H,1-4,8H2,(H2,15,17,18). The van der Waals surface area contributed by atoms with Gasteiger partial charge in [-0.2, -0.15) is 0 Å². The van der Waals surface area contributed by atoms with E-state index >= 15 is 0 Å². The third-order valence-electron chi connectivity index (χ3n) is 3.54. The third kappa shape index (κ3) is 2.86. The van der Waals surface area contributed by atoms with Crippen molar-refractivity contribution in [1.29, 1.82) is 0 Å². The maximum Gasteiger partial charge on any atom is 0.315 e. The summed E-state index contributed by atoms with van der Waals surface area (Å²) in [5.41, 5.74) is 2.58. The van der Waals surface area contributed by atoms with Crippen molar-refractivity contribution < 1.29 is 9.21 Å². The van der Waals surface area contributed by atoms with Gasteiger partial charge in [-0.25, -0.2) is 9.78 Å². The molecule has 2 aromatic rings. The highest BCUT2D eigenvalue weighted by Crippen LogP contribution is 2.17. The number of carbonyl (C=O) groups excluding carboxylic acids is 1. The predicted octanol–water partition coefficient (Wildman–Crippen LogP) is 2.57. The van der Waals surface area contributed by atoms with Crippen LogP contribution in [0.25, 0.3) is 11.1 Å². The minimum atomic E-state index is -0.0930. The summed E-state index contributed by atoms with van der Waals surface area (Å²) in [5, 5.41) is 5.87. The number of carbonyl (C=O) groups is 1. The maximum atomic E-state index is 11.7. The predicted molar refractivity (Wildman–Crippen MR) is 71.6 cm³/mol. The van der Waals surface area contributed by atoms with Gasteiger partial charge in [0.15, 0.2) is 12.0 Å². The van der Waals surface area contributed by atoms with Gasteiger partial charge in [0, 0.05) is 12.6 Å². The molecule has 0 spiro atoms. The summed E-state index contributed by atoms with van der Waals surface area (Å²) >= 11 is 0. The average molecular weight is 259 g/mol. The monoisotopic (exact) mass is 259 g/mol. The van der Waals surface area contributed by atoms with Crippen molar-refractivity contribution in [3.05, 3.63) is 30.2 Å². The number of amides is 2.